The minimum Gasteiger partial charge on any atom is -0.392 e. The summed E-state index contributed by atoms with van der Waals surface area (Å²) in [5.41, 5.74) is -0.167. The summed E-state index contributed by atoms with van der Waals surface area (Å²) in [7, 11) is -4.07. The van der Waals surface area contributed by atoms with Crippen LogP contribution in [0.2, 0.25) is 5.02 Å². The third-order valence-electron chi connectivity index (χ3n) is 2.65. The molecule has 1 aromatic carbocycles. The Hall–Kier alpha value is -0.510. The largest absolute Gasteiger partial charge is 0.392 e. The molecule has 2 N–H and O–H groups in total. The molecule has 2 aromatic rings. The molecule has 0 unspecified atom stereocenters. The zero-order chi connectivity index (χ0) is 15.6. The van der Waals surface area contributed by atoms with Gasteiger partial charge >= 0.3 is 0 Å². The van der Waals surface area contributed by atoms with Crippen LogP contribution in [-0.2, 0) is 23.2 Å². The second kappa shape index (κ2) is 6.72. The van der Waals surface area contributed by atoms with E-state index < -0.39 is 27.3 Å². The lowest BCUT2D eigenvalue weighted by molar-refractivity contribution is 0.274. The van der Waals surface area contributed by atoms with Crippen molar-refractivity contribution in [2.24, 2.45) is 0 Å². The van der Waals surface area contributed by atoms with Gasteiger partial charge in [-0.05, 0) is 39.5 Å². The van der Waals surface area contributed by atoms with E-state index in [2.05, 4.69) is 20.7 Å². The minimum atomic E-state index is -4.07. The molecule has 0 radical (unpaired) electrons. The molecule has 0 bridgehead atoms. The molecule has 21 heavy (non-hydrogen) atoms. The lowest BCUT2D eigenvalue weighted by Crippen LogP contribution is -2.24. The normalized spacial score (nSPS) is 11.8. The van der Waals surface area contributed by atoms with Gasteiger partial charge in [0, 0.05) is 26.5 Å². The van der Waals surface area contributed by atoms with Gasteiger partial charge in [0.2, 0.25) is 10.0 Å². The highest BCUT2D eigenvalue weighted by Gasteiger charge is 2.22. The third kappa shape index (κ3) is 3.82. The summed E-state index contributed by atoms with van der Waals surface area (Å²) in [6, 6.07) is 3.99. The summed E-state index contributed by atoms with van der Waals surface area (Å²) in [6.45, 7) is -0.605. The van der Waals surface area contributed by atoms with Crippen molar-refractivity contribution >= 4 is 48.9 Å². The SMILES string of the molecule is O=S(=O)(NCc1sccc1Br)c1cc(Cl)cc(CO)c1F. The predicted molar refractivity (Wildman–Crippen MR) is 83.4 cm³/mol. The molecule has 0 saturated heterocycles. The fourth-order valence-corrected chi connectivity index (χ4v) is 4.59. The van der Waals surface area contributed by atoms with Crippen molar-refractivity contribution in [2.75, 3.05) is 0 Å². The second-order valence-corrected chi connectivity index (χ2v) is 8.08. The molecule has 0 spiro atoms. The van der Waals surface area contributed by atoms with Crippen LogP contribution in [0.3, 0.4) is 0 Å². The maximum absolute atomic E-state index is 14.0. The fraction of sp³-hybridized carbons (Fsp3) is 0.167. The summed E-state index contributed by atoms with van der Waals surface area (Å²) >= 11 is 10.4. The molecule has 114 valence electrons. The van der Waals surface area contributed by atoms with E-state index in [1.165, 1.54) is 17.4 Å². The van der Waals surface area contributed by atoms with Crippen molar-refractivity contribution in [3.63, 3.8) is 0 Å². The van der Waals surface area contributed by atoms with Gasteiger partial charge < -0.3 is 5.11 Å². The number of halogens is 3. The molecule has 0 fully saturated rings. The summed E-state index contributed by atoms with van der Waals surface area (Å²) in [6.07, 6.45) is 0. The van der Waals surface area contributed by atoms with Gasteiger partial charge in [0.1, 0.15) is 10.7 Å². The zero-order valence-corrected chi connectivity index (χ0v) is 14.4. The molecule has 0 aliphatic rings. The molecule has 0 aliphatic carbocycles. The first kappa shape index (κ1) is 16.9. The van der Waals surface area contributed by atoms with Crippen molar-refractivity contribution in [1.82, 2.24) is 4.72 Å². The molecule has 1 heterocycles. The highest BCUT2D eigenvalue weighted by Crippen LogP contribution is 2.26. The first-order chi connectivity index (χ1) is 9.85. The molecule has 0 aliphatic heterocycles. The number of hydrogen-bond donors (Lipinski definition) is 2. The zero-order valence-electron chi connectivity index (χ0n) is 10.4. The van der Waals surface area contributed by atoms with Gasteiger partial charge in [0.05, 0.1) is 6.61 Å². The number of hydrogen-bond acceptors (Lipinski definition) is 4. The smallest absolute Gasteiger partial charge is 0.243 e. The van der Waals surface area contributed by atoms with Crippen molar-refractivity contribution < 1.29 is 17.9 Å². The number of nitrogens with one attached hydrogen (secondary N) is 1. The van der Waals surface area contributed by atoms with Crippen molar-refractivity contribution in [2.45, 2.75) is 18.0 Å². The van der Waals surface area contributed by atoms with Crippen molar-refractivity contribution in [3.8, 4) is 0 Å². The highest BCUT2D eigenvalue weighted by atomic mass is 79.9. The molecule has 0 atom stereocenters. The monoisotopic (exact) mass is 413 g/mol. The van der Waals surface area contributed by atoms with Gasteiger partial charge in [0.25, 0.3) is 0 Å². The third-order valence-corrected chi connectivity index (χ3v) is 6.20. The summed E-state index contributed by atoms with van der Waals surface area (Å²) in [5.74, 6) is -1.00. The maximum atomic E-state index is 14.0. The Labute approximate surface area is 138 Å². The lowest BCUT2D eigenvalue weighted by atomic mass is 10.2. The maximum Gasteiger partial charge on any atom is 0.243 e. The summed E-state index contributed by atoms with van der Waals surface area (Å²) in [5, 5.41) is 10.9. The predicted octanol–water partition coefficient (Wildman–Crippen LogP) is 3.27. The van der Waals surface area contributed by atoms with Crippen LogP contribution in [0.4, 0.5) is 4.39 Å². The average Bonchev–Trinajstić information content (AvgIpc) is 2.84. The summed E-state index contributed by atoms with van der Waals surface area (Å²) < 4.78 is 41.5. The standard InChI is InChI=1S/C12H10BrClFNO3S2/c13-9-1-2-20-10(9)5-16-21(18,19)11-4-8(14)3-7(6-17)12(11)15/h1-4,16-17H,5-6H2. The van der Waals surface area contributed by atoms with Crippen LogP contribution in [-0.4, -0.2) is 13.5 Å². The van der Waals surface area contributed by atoms with Gasteiger partial charge in [0.15, 0.2) is 0 Å². The van der Waals surface area contributed by atoms with E-state index in [0.29, 0.717) is 0 Å². The Morgan fingerprint density at radius 1 is 1.43 bits per heavy atom. The van der Waals surface area contributed by atoms with E-state index in [-0.39, 0.29) is 17.1 Å². The molecule has 9 heteroatoms. The quantitative estimate of drug-likeness (QED) is 0.789. The number of benzene rings is 1. The van der Waals surface area contributed by atoms with E-state index in [1.807, 2.05) is 0 Å². The number of rotatable bonds is 5. The highest BCUT2D eigenvalue weighted by molar-refractivity contribution is 9.10. The Morgan fingerprint density at radius 2 is 2.14 bits per heavy atom. The van der Waals surface area contributed by atoms with Crippen LogP contribution < -0.4 is 4.72 Å². The minimum absolute atomic E-state index is 0.0288. The van der Waals surface area contributed by atoms with E-state index in [9.17, 15) is 12.8 Å². The fourth-order valence-electron chi connectivity index (χ4n) is 1.62. The van der Waals surface area contributed by atoms with E-state index in [4.69, 9.17) is 16.7 Å². The average molecular weight is 415 g/mol. The van der Waals surface area contributed by atoms with Crippen LogP contribution in [0.5, 0.6) is 0 Å². The van der Waals surface area contributed by atoms with Gasteiger partial charge in [-0.15, -0.1) is 11.3 Å². The summed E-state index contributed by atoms with van der Waals surface area (Å²) in [4.78, 5) is 0.190. The van der Waals surface area contributed by atoms with Gasteiger partial charge in [-0.1, -0.05) is 11.6 Å². The van der Waals surface area contributed by atoms with Gasteiger partial charge in [-0.2, -0.15) is 0 Å². The Kier molecular flexibility index (Phi) is 5.39. The Balaban J connectivity index is 2.32. The number of aliphatic hydroxyl groups excluding tert-OH is 1. The first-order valence-corrected chi connectivity index (χ1v) is 9.19. The van der Waals surface area contributed by atoms with Crippen LogP contribution >= 0.6 is 38.9 Å². The van der Waals surface area contributed by atoms with Crippen LogP contribution in [0, 0.1) is 5.82 Å². The van der Waals surface area contributed by atoms with Crippen LogP contribution in [0.15, 0.2) is 32.9 Å². The van der Waals surface area contributed by atoms with E-state index in [0.717, 1.165) is 15.4 Å². The molecule has 0 saturated carbocycles. The second-order valence-electron chi connectivity index (χ2n) is 4.05. The van der Waals surface area contributed by atoms with E-state index in [1.54, 1.807) is 11.4 Å². The molecule has 0 amide bonds. The number of aliphatic hydroxyl groups is 1. The van der Waals surface area contributed by atoms with E-state index >= 15 is 0 Å². The van der Waals surface area contributed by atoms with Crippen molar-refractivity contribution in [3.05, 3.63) is 49.3 Å². The Morgan fingerprint density at radius 3 is 2.71 bits per heavy atom. The van der Waals surface area contributed by atoms with Crippen LogP contribution in [0.1, 0.15) is 10.4 Å². The number of sulfonamides is 1. The lowest BCUT2D eigenvalue weighted by Gasteiger charge is -2.10. The molecule has 4 nitrogen and oxygen atoms in total. The first-order valence-electron chi connectivity index (χ1n) is 5.65. The van der Waals surface area contributed by atoms with Gasteiger partial charge in [-0.3, -0.25) is 0 Å². The Bertz CT molecular complexity index is 764. The van der Waals surface area contributed by atoms with Crippen LogP contribution in [0.25, 0.3) is 0 Å². The van der Waals surface area contributed by atoms with Gasteiger partial charge in [-0.25, -0.2) is 17.5 Å². The number of thiophene rings is 1. The molecule has 2 rings (SSSR count). The molecular weight excluding hydrogens is 405 g/mol. The van der Waals surface area contributed by atoms with Crippen molar-refractivity contribution in [1.29, 1.82) is 0 Å². The topological polar surface area (TPSA) is 66.4 Å². The molecule has 1 aromatic heterocycles. The molecular formula is C12H10BrClFNO3S2.